The smallest absolute Gasteiger partial charge is 0.270 e. The fraction of sp³-hybridized carbons (Fsp3) is 0.714. The predicted octanol–water partition coefficient (Wildman–Crippen LogP) is 0.568. The zero-order valence-corrected chi connectivity index (χ0v) is 9.82. The zero-order valence-electron chi connectivity index (χ0n) is 8.23. The Morgan fingerprint density at radius 3 is 2.64 bits per heavy atom. The van der Waals surface area contributed by atoms with Gasteiger partial charge in [-0.25, -0.2) is 0 Å². The topological polar surface area (TPSA) is 72.7 Å². The Labute approximate surface area is 90.2 Å². The second-order valence-corrected chi connectivity index (χ2v) is 4.22. The van der Waals surface area contributed by atoms with Crippen LogP contribution in [0, 0.1) is 5.92 Å². The van der Waals surface area contributed by atoms with Gasteiger partial charge >= 0.3 is 0 Å². The van der Waals surface area contributed by atoms with Crippen molar-refractivity contribution < 1.29 is 4.79 Å². The van der Waals surface area contributed by atoms with Gasteiger partial charge in [0, 0.05) is 0 Å². The van der Waals surface area contributed by atoms with Crippen LogP contribution in [-0.2, 0) is 11.8 Å². The van der Waals surface area contributed by atoms with Gasteiger partial charge in [0.05, 0.1) is 11.9 Å². The molecule has 7 heteroatoms. The third kappa shape index (κ3) is 2.76. The van der Waals surface area contributed by atoms with Crippen molar-refractivity contribution in [3.05, 3.63) is 0 Å². The molecule has 1 aromatic rings. The van der Waals surface area contributed by atoms with Crippen molar-refractivity contribution in [3.63, 3.8) is 0 Å². The Kier molecular flexibility index (Phi) is 3.56. The first-order chi connectivity index (χ1) is 6.50. The number of tetrazole rings is 1. The van der Waals surface area contributed by atoms with Crippen molar-refractivity contribution in [2.45, 2.75) is 18.7 Å². The fourth-order valence-electron chi connectivity index (χ4n) is 0.816. The summed E-state index contributed by atoms with van der Waals surface area (Å²) in [6.45, 7) is 3.90. The first kappa shape index (κ1) is 11.1. The minimum atomic E-state index is -0.244. The number of carbonyl (C=O) groups is 1. The maximum Gasteiger partial charge on any atom is 0.270 e. The van der Waals surface area contributed by atoms with Gasteiger partial charge in [-0.3, -0.25) is 10.1 Å². The summed E-state index contributed by atoms with van der Waals surface area (Å²) in [6.07, 6.45) is 0. The Bertz CT molecular complexity index is 324. The lowest BCUT2D eigenvalue weighted by atomic mass is 10.1. The molecule has 1 atom stereocenters. The lowest BCUT2D eigenvalue weighted by molar-refractivity contribution is -0.116. The number of nitrogens with one attached hydrogen (secondary N) is 1. The monoisotopic (exact) mass is 261 g/mol. The highest BCUT2D eigenvalue weighted by Crippen LogP contribution is 2.13. The molecule has 0 radical (unpaired) electrons. The lowest BCUT2D eigenvalue weighted by Gasteiger charge is -2.11. The van der Waals surface area contributed by atoms with Crippen molar-refractivity contribution in [2.75, 3.05) is 5.32 Å². The van der Waals surface area contributed by atoms with Crippen LogP contribution in [0.25, 0.3) is 0 Å². The molecule has 0 bridgehead atoms. The largest absolute Gasteiger partial charge is 0.291 e. The molecule has 0 aliphatic carbocycles. The van der Waals surface area contributed by atoms with Gasteiger partial charge in [0.25, 0.3) is 5.95 Å². The number of nitrogens with zero attached hydrogens (tertiary/aromatic N) is 4. The first-order valence-electron chi connectivity index (χ1n) is 4.19. The van der Waals surface area contributed by atoms with E-state index in [-0.39, 0.29) is 22.6 Å². The first-order valence-corrected chi connectivity index (χ1v) is 5.11. The van der Waals surface area contributed by atoms with Crippen LogP contribution < -0.4 is 5.32 Å². The van der Waals surface area contributed by atoms with Gasteiger partial charge in [0.2, 0.25) is 5.91 Å². The number of rotatable bonds is 3. The van der Waals surface area contributed by atoms with Gasteiger partial charge < -0.3 is 0 Å². The molecule has 1 amide bonds. The van der Waals surface area contributed by atoms with Gasteiger partial charge in [-0.1, -0.05) is 34.9 Å². The van der Waals surface area contributed by atoms with Gasteiger partial charge in [0.1, 0.15) is 0 Å². The minimum absolute atomic E-state index is 0.159. The molecule has 0 aliphatic heterocycles. The lowest BCUT2D eigenvalue weighted by Crippen LogP contribution is -2.27. The third-order valence-corrected chi connectivity index (χ3v) is 3.05. The van der Waals surface area contributed by atoms with Crippen LogP contribution in [-0.4, -0.2) is 30.9 Å². The van der Waals surface area contributed by atoms with E-state index in [0.717, 1.165) is 0 Å². The number of hydrogen-bond acceptors (Lipinski definition) is 4. The summed E-state index contributed by atoms with van der Waals surface area (Å²) in [6, 6.07) is 0. The van der Waals surface area contributed by atoms with Crippen LogP contribution in [0.1, 0.15) is 13.8 Å². The Morgan fingerprint density at radius 2 is 2.21 bits per heavy atom. The maximum absolute atomic E-state index is 11.5. The normalized spacial score (nSPS) is 12.9. The predicted molar refractivity (Wildman–Crippen MR) is 55.0 cm³/mol. The van der Waals surface area contributed by atoms with E-state index in [4.69, 9.17) is 0 Å². The van der Waals surface area contributed by atoms with E-state index >= 15 is 0 Å². The van der Waals surface area contributed by atoms with E-state index in [1.54, 1.807) is 7.05 Å². The van der Waals surface area contributed by atoms with E-state index in [0.29, 0.717) is 0 Å². The van der Waals surface area contributed by atoms with Gasteiger partial charge in [-0.2, -0.15) is 4.80 Å². The summed E-state index contributed by atoms with van der Waals surface area (Å²) in [4.78, 5) is 12.5. The average molecular weight is 262 g/mol. The molecule has 1 heterocycles. The second-order valence-electron chi connectivity index (χ2n) is 3.24. The molecule has 1 rings (SSSR count). The fourth-order valence-corrected chi connectivity index (χ4v) is 0.931. The van der Waals surface area contributed by atoms with Crippen molar-refractivity contribution in [3.8, 4) is 0 Å². The number of hydrogen-bond donors (Lipinski definition) is 1. The molecule has 1 N–H and O–H groups in total. The molecular formula is C7H12BrN5O. The number of carbonyl (C=O) groups excluding carboxylic acids is 1. The van der Waals surface area contributed by atoms with Crippen LogP contribution in [0.2, 0.25) is 0 Å². The van der Waals surface area contributed by atoms with Crippen LogP contribution >= 0.6 is 15.9 Å². The van der Waals surface area contributed by atoms with Gasteiger partial charge in [0.15, 0.2) is 0 Å². The highest BCUT2D eigenvalue weighted by Gasteiger charge is 2.19. The van der Waals surface area contributed by atoms with E-state index in [9.17, 15) is 4.79 Å². The van der Waals surface area contributed by atoms with Gasteiger partial charge in [-0.05, 0) is 11.1 Å². The quantitative estimate of drug-likeness (QED) is 0.808. The molecule has 0 spiro atoms. The maximum atomic E-state index is 11.5. The van der Waals surface area contributed by atoms with Crippen molar-refractivity contribution in [1.29, 1.82) is 0 Å². The zero-order chi connectivity index (χ0) is 10.7. The van der Waals surface area contributed by atoms with Crippen molar-refractivity contribution >= 4 is 27.8 Å². The standard InChI is InChI=1S/C7H12BrN5O/c1-4(2)5(8)6(14)9-7-10-12-13(3)11-7/h4-5H,1-3H3,(H,9,11,14). The van der Waals surface area contributed by atoms with Crippen molar-refractivity contribution in [2.24, 2.45) is 13.0 Å². The molecule has 6 nitrogen and oxygen atoms in total. The molecule has 0 saturated carbocycles. The minimum Gasteiger partial charge on any atom is -0.291 e. The summed E-state index contributed by atoms with van der Waals surface area (Å²) in [5, 5.41) is 13.6. The molecule has 1 unspecified atom stereocenters. The molecule has 14 heavy (non-hydrogen) atoms. The molecule has 0 aromatic carbocycles. The Morgan fingerprint density at radius 1 is 1.57 bits per heavy atom. The summed E-state index contributed by atoms with van der Waals surface area (Å²) >= 11 is 3.28. The number of anilines is 1. The second kappa shape index (κ2) is 4.50. The van der Waals surface area contributed by atoms with Crippen LogP contribution in [0.3, 0.4) is 0 Å². The average Bonchev–Trinajstić information content (AvgIpc) is 2.49. The molecule has 1 aromatic heterocycles. The SMILES string of the molecule is CC(C)C(Br)C(=O)Nc1nnn(C)n1. The highest BCUT2D eigenvalue weighted by atomic mass is 79.9. The van der Waals surface area contributed by atoms with Gasteiger partial charge in [-0.15, -0.1) is 5.10 Å². The van der Waals surface area contributed by atoms with E-state index in [1.807, 2.05) is 13.8 Å². The molecule has 0 aliphatic rings. The summed E-state index contributed by atoms with van der Waals surface area (Å²) in [7, 11) is 1.64. The Balaban J connectivity index is 2.57. The van der Waals surface area contributed by atoms with E-state index in [1.165, 1.54) is 4.80 Å². The van der Waals surface area contributed by atoms with Crippen LogP contribution in [0.4, 0.5) is 5.95 Å². The summed E-state index contributed by atoms with van der Waals surface area (Å²) in [5.41, 5.74) is 0. The van der Waals surface area contributed by atoms with Crippen LogP contribution in [0.5, 0.6) is 0 Å². The number of aromatic nitrogens is 4. The van der Waals surface area contributed by atoms with Crippen molar-refractivity contribution in [1.82, 2.24) is 20.2 Å². The third-order valence-electron chi connectivity index (χ3n) is 1.58. The molecule has 0 saturated heterocycles. The molecule has 78 valence electrons. The Hall–Kier alpha value is -0.980. The van der Waals surface area contributed by atoms with Crippen LogP contribution in [0.15, 0.2) is 0 Å². The number of aryl methyl sites for hydroxylation is 1. The summed E-state index contributed by atoms with van der Waals surface area (Å²) in [5.74, 6) is 0.280. The number of alkyl halides is 1. The number of amides is 1. The summed E-state index contributed by atoms with van der Waals surface area (Å²) < 4.78 is 0. The molecule has 0 fully saturated rings. The highest BCUT2D eigenvalue weighted by molar-refractivity contribution is 9.10. The van der Waals surface area contributed by atoms with E-state index in [2.05, 4.69) is 36.7 Å². The number of halogens is 1. The molecular weight excluding hydrogens is 250 g/mol. The van der Waals surface area contributed by atoms with E-state index < -0.39 is 0 Å².